The van der Waals surface area contributed by atoms with Crippen LogP contribution >= 0.6 is 0 Å². The van der Waals surface area contributed by atoms with E-state index in [2.05, 4.69) is 18.1 Å². The minimum absolute atomic E-state index is 0.114. The molecule has 1 aromatic carbocycles. The van der Waals surface area contributed by atoms with Crippen LogP contribution in [0.25, 0.3) is 0 Å². The highest BCUT2D eigenvalue weighted by Gasteiger charge is 2.31. The van der Waals surface area contributed by atoms with Crippen LogP contribution in [0.4, 0.5) is 5.69 Å². The Hall–Kier alpha value is -2.65. The van der Waals surface area contributed by atoms with Gasteiger partial charge in [0.25, 0.3) is 5.91 Å². The first-order valence-electron chi connectivity index (χ1n) is 11.9. The van der Waals surface area contributed by atoms with Crippen LogP contribution in [0.3, 0.4) is 0 Å². The second-order valence-corrected chi connectivity index (χ2v) is 10.6. The number of sulfonamides is 1. The summed E-state index contributed by atoms with van der Waals surface area (Å²) in [5.41, 5.74) is 0.740. The zero-order valence-electron chi connectivity index (χ0n) is 19.8. The first kappa shape index (κ1) is 26.0. The van der Waals surface area contributed by atoms with Crippen LogP contribution in [0, 0.1) is 0 Å². The van der Waals surface area contributed by atoms with E-state index in [1.165, 1.54) is 15.3 Å². The highest BCUT2D eigenvalue weighted by atomic mass is 32.2. The number of benzene rings is 1. The molecule has 0 bridgehead atoms. The van der Waals surface area contributed by atoms with Gasteiger partial charge in [0.2, 0.25) is 10.0 Å². The SMILES string of the molecule is C=CCN(CC=C)C(=O)COC(=O)c1ccc(N2CCCCC2)c(S(=O)(=O)N2CCCCC2)c1. The van der Waals surface area contributed by atoms with Crippen molar-refractivity contribution < 1.29 is 22.7 Å². The summed E-state index contributed by atoms with van der Waals surface area (Å²) in [6.07, 6.45) is 8.96. The summed E-state index contributed by atoms with van der Waals surface area (Å²) in [7, 11) is -3.77. The topological polar surface area (TPSA) is 87.2 Å². The fourth-order valence-corrected chi connectivity index (χ4v) is 6.13. The quantitative estimate of drug-likeness (QED) is 0.371. The summed E-state index contributed by atoms with van der Waals surface area (Å²) in [4.78, 5) is 28.8. The highest BCUT2D eigenvalue weighted by molar-refractivity contribution is 7.89. The molecule has 0 radical (unpaired) electrons. The Labute approximate surface area is 202 Å². The van der Waals surface area contributed by atoms with Crippen molar-refractivity contribution in [2.45, 2.75) is 43.4 Å². The number of hydrogen-bond donors (Lipinski definition) is 0. The lowest BCUT2D eigenvalue weighted by atomic mass is 10.1. The number of ether oxygens (including phenoxy) is 1. The summed E-state index contributed by atoms with van der Waals surface area (Å²) >= 11 is 0. The van der Waals surface area contributed by atoms with Gasteiger partial charge in [0.15, 0.2) is 6.61 Å². The fraction of sp³-hybridized carbons (Fsp3) is 0.520. The number of hydrogen-bond acceptors (Lipinski definition) is 6. The van der Waals surface area contributed by atoms with Crippen LogP contribution in [0.15, 0.2) is 48.4 Å². The van der Waals surface area contributed by atoms with Crippen molar-refractivity contribution in [1.29, 1.82) is 0 Å². The number of esters is 1. The molecule has 2 fully saturated rings. The van der Waals surface area contributed by atoms with Gasteiger partial charge >= 0.3 is 5.97 Å². The van der Waals surface area contributed by atoms with Crippen LogP contribution < -0.4 is 4.90 Å². The second-order valence-electron chi connectivity index (χ2n) is 8.65. The largest absolute Gasteiger partial charge is 0.452 e. The van der Waals surface area contributed by atoms with E-state index >= 15 is 0 Å². The lowest BCUT2D eigenvalue weighted by molar-refractivity contribution is -0.133. The summed E-state index contributed by atoms with van der Waals surface area (Å²) in [5, 5.41) is 0. The Kier molecular flexibility index (Phi) is 9.29. The highest BCUT2D eigenvalue weighted by Crippen LogP contribution is 2.32. The van der Waals surface area contributed by atoms with Gasteiger partial charge in [0, 0.05) is 39.3 Å². The minimum Gasteiger partial charge on any atom is -0.452 e. The van der Waals surface area contributed by atoms with Crippen molar-refractivity contribution in [2.24, 2.45) is 0 Å². The van der Waals surface area contributed by atoms with Crippen molar-refractivity contribution in [1.82, 2.24) is 9.21 Å². The Morgan fingerprint density at radius 3 is 2.12 bits per heavy atom. The lowest BCUT2D eigenvalue weighted by Gasteiger charge is -2.33. The molecule has 0 aliphatic carbocycles. The van der Waals surface area contributed by atoms with Gasteiger partial charge in [0.05, 0.1) is 11.3 Å². The van der Waals surface area contributed by atoms with Crippen molar-refractivity contribution in [3.8, 4) is 0 Å². The van der Waals surface area contributed by atoms with E-state index in [1.54, 1.807) is 24.3 Å². The van der Waals surface area contributed by atoms with E-state index in [9.17, 15) is 18.0 Å². The molecule has 186 valence electrons. The molecule has 0 aromatic heterocycles. The molecule has 0 spiro atoms. The molecule has 2 heterocycles. The Bertz CT molecular complexity index is 986. The summed E-state index contributed by atoms with van der Waals surface area (Å²) in [6, 6.07) is 4.69. The molecule has 1 amide bonds. The molecule has 0 saturated carbocycles. The predicted octanol–water partition coefficient (Wildman–Crippen LogP) is 3.21. The molecule has 0 N–H and O–H groups in total. The van der Waals surface area contributed by atoms with Crippen LogP contribution in [0.1, 0.15) is 48.9 Å². The van der Waals surface area contributed by atoms with Gasteiger partial charge in [-0.15, -0.1) is 13.2 Å². The monoisotopic (exact) mass is 489 g/mol. The lowest BCUT2D eigenvalue weighted by Crippen LogP contribution is -2.38. The van der Waals surface area contributed by atoms with Crippen LogP contribution in [-0.4, -0.2) is 75.4 Å². The molecule has 2 aliphatic rings. The van der Waals surface area contributed by atoms with Gasteiger partial charge in [0.1, 0.15) is 4.90 Å². The molecule has 2 saturated heterocycles. The van der Waals surface area contributed by atoms with Gasteiger partial charge < -0.3 is 14.5 Å². The molecule has 1 aromatic rings. The Balaban J connectivity index is 1.84. The van der Waals surface area contributed by atoms with Gasteiger partial charge in [-0.2, -0.15) is 4.31 Å². The maximum absolute atomic E-state index is 13.6. The summed E-state index contributed by atoms with van der Waals surface area (Å²) in [5.74, 6) is -1.11. The van der Waals surface area contributed by atoms with Crippen LogP contribution in [-0.2, 0) is 19.6 Å². The smallest absolute Gasteiger partial charge is 0.338 e. The first-order valence-corrected chi connectivity index (χ1v) is 13.4. The third kappa shape index (κ3) is 6.27. The summed E-state index contributed by atoms with van der Waals surface area (Å²) < 4.78 is 33.9. The van der Waals surface area contributed by atoms with Gasteiger partial charge in [-0.05, 0) is 50.3 Å². The molecule has 8 nitrogen and oxygen atoms in total. The fourth-order valence-electron chi connectivity index (χ4n) is 4.38. The van der Waals surface area contributed by atoms with Gasteiger partial charge in [-0.3, -0.25) is 4.79 Å². The van der Waals surface area contributed by atoms with E-state index in [4.69, 9.17) is 4.74 Å². The number of anilines is 1. The maximum atomic E-state index is 13.6. The zero-order valence-corrected chi connectivity index (χ0v) is 20.6. The number of rotatable bonds is 10. The third-order valence-electron chi connectivity index (χ3n) is 6.20. The number of carbonyl (C=O) groups excluding carboxylic acids is 2. The molecular weight excluding hydrogens is 454 g/mol. The van der Waals surface area contributed by atoms with E-state index < -0.39 is 22.6 Å². The first-order chi connectivity index (χ1) is 16.4. The van der Waals surface area contributed by atoms with Crippen molar-refractivity contribution >= 4 is 27.6 Å². The molecule has 9 heteroatoms. The standard InChI is InChI=1S/C25H35N3O5S/c1-3-13-27(14-4-2)24(29)20-33-25(30)21-11-12-22(26-15-7-5-8-16-26)23(19-21)34(31,32)28-17-9-6-10-18-28/h3-4,11-12,19H,1-2,5-10,13-18,20H2. The van der Waals surface area contributed by atoms with Gasteiger partial charge in [-0.1, -0.05) is 18.6 Å². The minimum atomic E-state index is -3.77. The Morgan fingerprint density at radius 1 is 0.941 bits per heavy atom. The molecule has 34 heavy (non-hydrogen) atoms. The molecular formula is C25H35N3O5S. The number of amides is 1. The molecule has 0 atom stereocenters. The number of carbonyl (C=O) groups is 2. The average Bonchev–Trinajstić information content (AvgIpc) is 2.87. The number of piperidine rings is 2. The second kappa shape index (κ2) is 12.2. The van der Waals surface area contributed by atoms with Crippen LogP contribution in [0.2, 0.25) is 0 Å². The van der Waals surface area contributed by atoms with Crippen molar-refractivity contribution in [3.63, 3.8) is 0 Å². The van der Waals surface area contributed by atoms with E-state index in [0.29, 0.717) is 31.9 Å². The molecule has 0 unspecified atom stereocenters. The average molecular weight is 490 g/mol. The summed E-state index contributed by atoms with van der Waals surface area (Å²) in [6.45, 7) is 9.95. The molecule has 3 rings (SSSR count). The van der Waals surface area contributed by atoms with E-state index in [1.807, 2.05) is 0 Å². The zero-order chi connectivity index (χ0) is 24.6. The van der Waals surface area contributed by atoms with E-state index in [0.717, 1.165) is 51.6 Å². The maximum Gasteiger partial charge on any atom is 0.338 e. The molecule has 2 aliphatic heterocycles. The third-order valence-corrected chi connectivity index (χ3v) is 8.13. The predicted molar refractivity (Wildman–Crippen MR) is 132 cm³/mol. The normalized spacial score (nSPS) is 17.1. The van der Waals surface area contributed by atoms with Crippen molar-refractivity contribution in [3.05, 3.63) is 49.1 Å². The van der Waals surface area contributed by atoms with Gasteiger partial charge in [-0.25, -0.2) is 13.2 Å². The Morgan fingerprint density at radius 2 is 1.53 bits per heavy atom. The van der Waals surface area contributed by atoms with Crippen LogP contribution in [0.5, 0.6) is 0 Å². The van der Waals surface area contributed by atoms with E-state index in [-0.39, 0.29) is 16.4 Å². The number of nitrogens with zero attached hydrogens (tertiary/aromatic N) is 3. The van der Waals surface area contributed by atoms with Crippen molar-refractivity contribution in [2.75, 3.05) is 50.8 Å².